The Morgan fingerprint density at radius 2 is 2.06 bits per heavy atom. The Balaban J connectivity index is 2.30. The van der Waals surface area contributed by atoms with Gasteiger partial charge in [-0.3, -0.25) is 0 Å². The molecule has 0 aliphatic heterocycles. The fourth-order valence-corrected chi connectivity index (χ4v) is 2.72. The number of hydrogen-bond donors (Lipinski definition) is 1. The molecule has 16 heavy (non-hydrogen) atoms. The van der Waals surface area contributed by atoms with Crippen LogP contribution in [0.5, 0.6) is 0 Å². The van der Waals surface area contributed by atoms with Gasteiger partial charge < -0.3 is 5.11 Å². The lowest BCUT2D eigenvalue weighted by Gasteiger charge is -2.36. The van der Waals surface area contributed by atoms with Crippen molar-refractivity contribution in [3.63, 3.8) is 0 Å². The number of benzene rings is 1. The van der Waals surface area contributed by atoms with Gasteiger partial charge >= 0.3 is 0 Å². The van der Waals surface area contributed by atoms with Gasteiger partial charge in [-0.15, -0.1) is 0 Å². The summed E-state index contributed by atoms with van der Waals surface area (Å²) < 4.78 is 13.0. The summed E-state index contributed by atoms with van der Waals surface area (Å²) in [4.78, 5) is 0. The molecule has 1 saturated carbocycles. The summed E-state index contributed by atoms with van der Waals surface area (Å²) in [5, 5.41) is 9.90. The van der Waals surface area contributed by atoms with E-state index in [-0.39, 0.29) is 17.8 Å². The molecule has 0 heterocycles. The van der Waals surface area contributed by atoms with E-state index in [9.17, 15) is 9.50 Å². The zero-order valence-corrected chi connectivity index (χ0v) is 9.91. The summed E-state index contributed by atoms with van der Waals surface area (Å²) in [6.07, 6.45) is 3.28. The molecule has 2 rings (SSSR count). The van der Waals surface area contributed by atoms with Crippen molar-refractivity contribution in [2.24, 2.45) is 5.92 Å². The normalized spacial score (nSPS) is 20.2. The smallest absolute Gasteiger partial charge is 0.123 e. The molecule has 1 aliphatic carbocycles. The van der Waals surface area contributed by atoms with E-state index in [0.717, 1.165) is 11.1 Å². The topological polar surface area (TPSA) is 20.2 Å². The average Bonchev–Trinajstić information content (AvgIpc) is 2.11. The van der Waals surface area contributed by atoms with Gasteiger partial charge in [-0.2, -0.15) is 0 Å². The molecular weight excluding hydrogens is 203 g/mol. The summed E-state index contributed by atoms with van der Waals surface area (Å²) in [5.74, 6) is 0.553. The number of hydrogen-bond acceptors (Lipinski definition) is 1. The summed E-state index contributed by atoms with van der Waals surface area (Å²) in [5.41, 5.74) is 2.07. The molecular formula is C14H19FO. The maximum absolute atomic E-state index is 13.0. The molecule has 2 atom stereocenters. The zero-order valence-electron chi connectivity index (χ0n) is 9.91. The van der Waals surface area contributed by atoms with Gasteiger partial charge in [-0.1, -0.05) is 12.5 Å². The summed E-state index contributed by atoms with van der Waals surface area (Å²) in [6, 6.07) is 4.89. The van der Waals surface area contributed by atoms with Gasteiger partial charge in [0.05, 0.1) is 6.10 Å². The van der Waals surface area contributed by atoms with Crippen LogP contribution < -0.4 is 0 Å². The first-order valence-corrected chi connectivity index (χ1v) is 6.03. The van der Waals surface area contributed by atoms with Crippen LogP contribution in [-0.2, 0) is 0 Å². The van der Waals surface area contributed by atoms with Crippen LogP contribution in [-0.4, -0.2) is 11.2 Å². The van der Waals surface area contributed by atoms with Crippen molar-refractivity contribution in [3.8, 4) is 0 Å². The van der Waals surface area contributed by atoms with Gasteiger partial charge in [0.2, 0.25) is 0 Å². The van der Waals surface area contributed by atoms with Crippen LogP contribution in [0.2, 0.25) is 0 Å². The average molecular weight is 222 g/mol. The van der Waals surface area contributed by atoms with Crippen molar-refractivity contribution >= 4 is 0 Å². The molecule has 0 bridgehead atoms. The van der Waals surface area contributed by atoms with E-state index in [1.165, 1.54) is 25.3 Å². The number of aliphatic hydroxyl groups excluding tert-OH is 1. The second kappa shape index (κ2) is 4.54. The number of aryl methyl sites for hydroxylation is 1. The van der Waals surface area contributed by atoms with Gasteiger partial charge in [0, 0.05) is 5.92 Å². The zero-order chi connectivity index (χ0) is 11.7. The molecule has 1 aromatic rings. The van der Waals surface area contributed by atoms with Crippen LogP contribution in [0.1, 0.15) is 43.2 Å². The lowest BCUT2D eigenvalue weighted by molar-refractivity contribution is 0.101. The van der Waals surface area contributed by atoms with Crippen LogP contribution in [0.3, 0.4) is 0 Å². The first-order chi connectivity index (χ1) is 7.59. The van der Waals surface area contributed by atoms with E-state index in [0.29, 0.717) is 5.92 Å². The predicted molar refractivity (Wildman–Crippen MR) is 62.9 cm³/mol. The Kier molecular flexibility index (Phi) is 3.29. The first-order valence-electron chi connectivity index (χ1n) is 6.03. The molecule has 2 heteroatoms. The third kappa shape index (κ3) is 2.12. The first kappa shape index (κ1) is 11.6. The highest BCUT2D eigenvalue weighted by molar-refractivity contribution is 5.31. The minimum Gasteiger partial charge on any atom is -0.393 e. The van der Waals surface area contributed by atoms with E-state index in [2.05, 4.69) is 0 Å². The van der Waals surface area contributed by atoms with Crippen LogP contribution in [0.25, 0.3) is 0 Å². The highest BCUT2D eigenvalue weighted by Gasteiger charge is 2.32. The molecule has 0 saturated heterocycles. The Hall–Kier alpha value is -0.890. The Morgan fingerprint density at radius 3 is 2.50 bits per heavy atom. The highest BCUT2D eigenvalue weighted by atomic mass is 19.1. The van der Waals surface area contributed by atoms with Crippen molar-refractivity contribution < 1.29 is 9.50 Å². The lowest BCUT2D eigenvalue weighted by atomic mass is 9.70. The van der Waals surface area contributed by atoms with E-state index >= 15 is 0 Å². The summed E-state index contributed by atoms with van der Waals surface area (Å²) in [6.45, 7) is 3.76. The lowest BCUT2D eigenvalue weighted by Crippen LogP contribution is -2.29. The number of aliphatic hydroxyl groups is 1. The van der Waals surface area contributed by atoms with Gasteiger partial charge in [-0.05, 0) is 55.9 Å². The predicted octanol–water partition coefficient (Wildman–Crippen LogP) is 3.40. The standard InChI is InChI=1S/C14H19FO/c1-9-8-12(15)6-7-13(9)14(10(2)16)11-4-3-5-11/h6-8,10-11,14,16H,3-5H2,1-2H3. The largest absolute Gasteiger partial charge is 0.393 e. The van der Waals surface area contributed by atoms with Crippen molar-refractivity contribution in [1.29, 1.82) is 0 Å². The van der Waals surface area contributed by atoms with Gasteiger partial charge in [-0.25, -0.2) is 4.39 Å². The second-order valence-electron chi connectivity index (χ2n) is 4.96. The highest BCUT2D eigenvalue weighted by Crippen LogP contribution is 2.42. The number of rotatable bonds is 3. The van der Waals surface area contributed by atoms with Crippen molar-refractivity contribution in [2.75, 3.05) is 0 Å². The third-order valence-electron chi connectivity index (χ3n) is 3.77. The summed E-state index contributed by atoms with van der Waals surface area (Å²) >= 11 is 0. The van der Waals surface area contributed by atoms with Crippen LogP contribution >= 0.6 is 0 Å². The van der Waals surface area contributed by atoms with Crippen molar-refractivity contribution in [3.05, 3.63) is 35.1 Å². The quantitative estimate of drug-likeness (QED) is 0.831. The molecule has 1 fully saturated rings. The number of halogens is 1. The van der Waals surface area contributed by atoms with Gasteiger partial charge in [0.15, 0.2) is 0 Å². The van der Waals surface area contributed by atoms with Crippen LogP contribution in [0.15, 0.2) is 18.2 Å². The Bertz CT molecular complexity index is 369. The fraction of sp³-hybridized carbons (Fsp3) is 0.571. The molecule has 0 spiro atoms. The fourth-order valence-electron chi connectivity index (χ4n) is 2.72. The van der Waals surface area contributed by atoms with Crippen LogP contribution in [0.4, 0.5) is 4.39 Å². The molecule has 1 N–H and O–H groups in total. The van der Waals surface area contributed by atoms with E-state index < -0.39 is 0 Å². The maximum Gasteiger partial charge on any atom is 0.123 e. The maximum atomic E-state index is 13.0. The second-order valence-corrected chi connectivity index (χ2v) is 4.96. The van der Waals surface area contributed by atoms with E-state index in [1.54, 1.807) is 6.07 Å². The molecule has 1 nitrogen and oxygen atoms in total. The van der Waals surface area contributed by atoms with E-state index in [4.69, 9.17) is 0 Å². The van der Waals surface area contributed by atoms with Crippen molar-refractivity contribution in [2.45, 2.75) is 45.1 Å². The van der Waals surface area contributed by atoms with Gasteiger partial charge in [0.25, 0.3) is 0 Å². The minimum atomic E-state index is -0.352. The Labute approximate surface area is 96.3 Å². The van der Waals surface area contributed by atoms with Gasteiger partial charge in [0.1, 0.15) is 5.82 Å². The SMILES string of the molecule is Cc1cc(F)ccc1C(C(C)O)C1CCC1. The van der Waals surface area contributed by atoms with E-state index in [1.807, 2.05) is 19.9 Å². The monoisotopic (exact) mass is 222 g/mol. The molecule has 0 amide bonds. The molecule has 1 aliphatic rings. The molecule has 2 unspecified atom stereocenters. The van der Waals surface area contributed by atoms with Crippen LogP contribution in [0, 0.1) is 18.7 Å². The van der Waals surface area contributed by atoms with Crippen molar-refractivity contribution in [1.82, 2.24) is 0 Å². The summed E-state index contributed by atoms with van der Waals surface area (Å²) in [7, 11) is 0. The Morgan fingerprint density at radius 1 is 1.38 bits per heavy atom. The molecule has 1 aromatic carbocycles. The third-order valence-corrected chi connectivity index (χ3v) is 3.77. The molecule has 88 valence electrons. The molecule has 0 aromatic heterocycles. The minimum absolute atomic E-state index is 0.175. The molecule has 0 radical (unpaired) electrons.